The van der Waals surface area contributed by atoms with E-state index < -0.39 is 69.8 Å². The third kappa shape index (κ3) is 3.41. The van der Waals surface area contributed by atoms with Gasteiger partial charge in [0.1, 0.15) is 0 Å². The predicted octanol–water partition coefficient (Wildman–Crippen LogP) is -0.129. The second kappa shape index (κ2) is 7.86. The summed E-state index contributed by atoms with van der Waals surface area (Å²) in [5, 5.41) is 29.8. The van der Waals surface area contributed by atoms with Crippen molar-refractivity contribution >= 4 is 23.9 Å². The molecule has 0 saturated heterocycles. The fraction of sp³-hybridized carbons (Fsp3) is 0.294. The Morgan fingerprint density at radius 3 is 2.21 bits per heavy atom. The molecule has 0 amide bonds. The van der Waals surface area contributed by atoms with Gasteiger partial charge >= 0.3 is 23.9 Å². The van der Waals surface area contributed by atoms with Gasteiger partial charge in [-0.3, -0.25) is 0 Å². The van der Waals surface area contributed by atoms with Crippen LogP contribution in [0.2, 0.25) is 0 Å². The molecule has 2 atom stereocenters. The number of aromatic hydroxyl groups is 3. The fourth-order valence-electron chi connectivity index (χ4n) is 2.74. The van der Waals surface area contributed by atoms with Crippen LogP contribution in [0.4, 0.5) is 0 Å². The van der Waals surface area contributed by atoms with Crippen molar-refractivity contribution in [3.05, 3.63) is 28.8 Å². The van der Waals surface area contributed by atoms with Crippen LogP contribution in [0.5, 0.6) is 17.2 Å². The number of phenolic OH excluding ortho intramolecular Hbond substituents is 3. The molecule has 11 heteroatoms. The van der Waals surface area contributed by atoms with E-state index in [-0.39, 0.29) is 0 Å². The minimum absolute atomic E-state index is 0.442. The summed E-state index contributed by atoms with van der Waals surface area (Å²) in [6.07, 6.45) is -1.13. The van der Waals surface area contributed by atoms with Crippen LogP contribution in [-0.2, 0) is 33.3 Å². The maximum absolute atomic E-state index is 12.3. The topological polar surface area (TPSA) is 166 Å². The summed E-state index contributed by atoms with van der Waals surface area (Å²) >= 11 is 0. The van der Waals surface area contributed by atoms with E-state index in [1.165, 1.54) is 0 Å². The van der Waals surface area contributed by atoms with Crippen LogP contribution in [-0.4, -0.2) is 66.6 Å². The molecule has 150 valence electrons. The molecule has 0 unspecified atom stereocenters. The van der Waals surface area contributed by atoms with Gasteiger partial charge in [-0.15, -0.1) is 0 Å². The summed E-state index contributed by atoms with van der Waals surface area (Å²) in [6, 6.07) is 0.778. The maximum Gasteiger partial charge on any atom is 0.348 e. The number of rotatable bonds is 4. The van der Waals surface area contributed by atoms with Crippen molar-refractivity contribution in [1.29, 1.82) is 0 Å². The van der Waals surface area contributed by atoms with Crippen molar-refractivity contribution in [2.45, 2.75) is 12.0 Å². The van der Waals surface area contributed by atoms with E-state index in [0.717, 1.165) is 27.4 Å². The number of hydrogen-bond acceptors (Lipinski definition) is 11. The molecule has 1 heterocycles. The molecule has 11 nitrogen and oxygen atoms in total. The Kier molecular flexibility index (Phi) is 5.77. The summed E-state index contributed by atoms with van der Waals surface area (Å²) in [6.45, 7) is 0. The SMILES string of the molecule is COC(=O)/C=C(\C(=O)OC)[C@H]1c2c(cc(O)c(O)c2O)C(=O)O[C@@H]1C(=O)OC. The number of phenols is 3. The number of carbonyl (C=O) groups excluding carboxylic acids is 4. The summed E-state index contributed by atoms with van der Waals surface area (Å²) < 4.78 is 18.6. The molecule has 1 aliphatic rings. The van der Waals surface area contributed by atoms with E-state index in [2.05, 4.69) is 14.2 Å². The summed E-state index contributed by atoms with van der Waals surface area (Å²) in [4.78, 5) is 48.5. The van der Waals surface area contributed by atoms with Gasteiger partial charge in [-0.1, -0.05) is 0 Å². The lowest BCUT2D eigenvalue weighted by molar-refractivity contribution is -0.152. The monoisotopic (exact) mass is 396 g/mol. The van der Waals surface area contributed by atoms with Crippen molar-refractivity contribution in [2.24, 2.45) is 0 Å². The van der Waals surface area contributed by atoms with Crippen LogP contribution >= 0.6 is 0 Å². The van der Waals surface area contributed by atoms with Crippen LogP contribution in [0, 0.1) is 0 Å². The van der Waals surface area contributed by atoms with Gasteiger partial charge in [-0.05, 0) is 6.07 Å². The van der Waals surface area contributed by atoms with Gasteiger partial charge < -0.3 is 34.3 Å². The molecule has 2 rings (SSSR count). The quantitative estimate of drug-likeness (QED) is 0.268. The highest BCUT2D eigenvalue weighted by atomic mass is 16.6. The van der Waals surface area contributed by atoms with Gasteiger partial charge in [-0.25, -0.2) is 19.2 Å². The van der Waals surface area contributed by atoms with Crippen molar-refractivity contribution in [3.8, 4) is 17.2 Å². The zero-order valence-corrected chi connectivity index (χ0v) is 14.9. The molecule has 0 aliphatic carbocycles. The molecule has 0 saturated carbocycles. The van der Waals surface area contributed by atoms with Gasteiger partial charge in [0.15, 0.2) is 11.5 Å². The van der Waals surface area contributed by atoms with Crippen LogP contribution in [0.3, 0.4) is 0 Å². The van der Waals surface area contributed by atoms with E-state index in [9.17, 15) is 34.5 Å². The molecule has 0 aromatic heterocycles. The van der Waals surface area contributed by atoms with Crippen molar-refractivity contribution < 1.29 is 53.4 Å². The van der Waals surface area contributed by atoms with Gasteiger partial charge in [0, 0.05) is 11.6 Å². The molecule has 1 aromatic rings. The number of fused-ring (bicyclic) bond motifs is 1. The lowest BCUT2D eigenvalue weighted by Crippen LogP contribution is -2.41. The predicted molar refractivity (Wildman–Crippen MR) is 87.5 cm³/mol. The molecule has 0 fully saturated rings. The highest BCUT2D eigenvalue weighted by Crippen LogP contribution is 2.49. The van der Waals surface area contributed by atoms with Crippen molar-refractivity contribution in [1.82, 2.24) is 0 Å². The van der Waals surface area contributed by atoms with E-state index in [1.54, 1.807) is 0 Å². The summed E-state index contributed by atoms with van der Waals surface area (Å²) in [5.41, 5.74) is -1.42. The minimum atomic E-state index is -1.81. The third-order valence-corrected chi connectivity index (χ3v) is 4.03. The largest absolute Gasteiger partial charge is 0.504 e. The smallest absolute Gasteiger partial charge is 0.348 e. The summed E-state index contributed by atoms with van der Waals surface area (Å²) in [5.74, 6) is -8.84. The molecule has 0 radical (unpaired) electrons. The van der Waals surface area contributed by atoms with Crippen LogP contribution in [0.15, 0.2) is 17.7 Å². The lowest BCUT2D eigenvalue weighted by Gasteiger charge is -2.32. The van der Waals surface area contributed by atoms with Gasteiger partial charge in [0.25, 0.3) is 0 Å². The highest BCUT2D eigenvalue weighted by molar-refractivity contribution is 6.03. The Morgan fingerprint density at radius 2 is 1.68 bits per heavy atom. The second-order valence-corrected chi connectivity index (χ2v) is 5.50. The molecule has 0 spiro atoms. The van der Waals surface area contributed by atoms with Gasteiger partial charge in [0.2, 0.25) is 11.9 Å². The zero-order valence-electron chi connectivity index (χ0n) is 14.9. The van der Waals surface area contributed by atoms with Gasteiger partial charge in [-0.2, -0.15) is 0 Å². The molecular weight excluding hydrogens is 380 g/mol. The minimum Gasteiger partial charge on any atom is -0.504 e. The second-order valence-electron chi connectivity index (χ2n) is 5.50. The Hall–Kier alpha value is -3.76. The van der Waals surface area contributed by atoms with Crippen molar-refractivity contribution in [2.75, 3.05) is 21.3 Å². The Morgan fingerprint density at radius 1 is 1.04 bits per heavy atom. The first-order valence-corrected chi connectivity index (χ1v) is 7.62. The van der Waals surface area contributed by atoms with Crippen LogP contribution in [0.1, 0.15) is 21.8 Å². The van der Waals surface area contributed by atoms with E-state index >= 15 is 0 Å². The number of benzene rings is 1. The Labute approximate surface area is 157 Å². The number of cyclic esters (lactones) is 1. The number of methoxy groups -OCH3 is 3. The lowest BCUT2D eigenvalue weighted by atomic mass is 9.80. The number of ether oxygens (including phenoxy) is 4. The third-order valence-electron chi connectivity index (χ3n) is 4.03. The molecule has 28 heavy (non-hydrogen) atoms. The van der Waals surface area contributed by atoms with E-state index in [0.29, 0.717) is 6.08 Å². The standard InChI is InChI=1S/C17H16O11/c1-25-9(19)5-7(15(22)26-2)11-10-6(4-8(18)12(20)13(10)21)16(23)28-14(11)17(24)27-3/h4-5,11,14,18,20-21H,1-3H3/b7-5-/t11-,14-/m0/s1. The fourth-order valence-corrected chi connectivity index (χ4v) is 2.74. The Balaban J connectivity index is 2.87. The summed E-state index contributed by atoms with van der Waals surface area (Å²) in [7, 11) is 3.00. The first-order valence-electron chi connectivity index (χ1n) is 7.62. The number of carbonyl (C=O) groups is 4. The Bertz CT molecular complexity index is 884. The molecule has 1 aliphatic heterocycles. The average molecular weight is 396 g/mol. The van der Waals surface area contributed by atoms with E-state index in [4.69, 9.17) is 4.74 Å². The first kappa shape index (κ1) is 20.6. The van der Waals surface area contributed by atoms with Gasteiger partial charge in [0.05, 0.1) is 38.4 Å². The zero-order chi connectivity index (χ0) is 21.2. The van der Waals surface area contributed by atoms with Crippen LogP contribution < -0.4 is 0 Å². The number of esters is 4. The maximum atomic E-state index is 12.3. The number of hydrogen-bond donors (Lipinski definition) is 3. The normalized spacial score (nSPS) is 18.5. The highest BCUT2D eigenvalue weighted by Gasteiger charge is 2.47. The first-order chi connectivity index (χ1) is 13.2. The molecule has 3 N–H and O–H groups in total. The molecular formula is C17H16O11. The van der Waals surface area contributed by atoms with Crippen molar-refractivity contribution in [3.63, 3.8) is 0 Å². The molecule has 1 aromatic carbocycles. The average Bonchev–Trinajstić information content (AvgIpc) is 2.69. The van der Waals surface area contributed by atoms with Crippen LogP contribution in [0.25, 0.3) is 0 Å². The molecule has 0 bridgehead atoms. The van der Waals surface area contributed by atoms with E-state index in [1.807, 2.05) is 0 Å².